The number of esters is 1. The summed E-state index contributed by atoms with van der Waals surface area (Å²) in [7, 11) is 0. The van der Waals surface area contributed by atoms with Crippen molar-refractivity contribution in [1.82, 2.24) is 4.90 Å². The Labute approximate surface area is 262 Å². The van der Waals surface area contributed by atoms with E-state index in [1.807, 2.05) is 40.7 Å². The molecule has 4 aliphatic carbocycles. The summed E-state index contributed by atoms with van der Waals surface area (Å²) in [6.45, 7) is 22.0. The molecule has 2 aliphatic heterocycles. The Bertz CT molecular complexity index is 1310. The number of hydrogen-bond donors (Lipinski definition) is 2. The van der Waals surface area contributed by atoms with Crippen LogP contribution < -0.4 is 0 Å². The lowest BCUT2D eigenvalue weighted by Crippen LogP contribution is -2.69. The van der Waals surface area contributed by atoms with Crippen molar-refractivity contribution in [1.29, 1.82) is 0 Å². The summed E-state index contributed by atoms with van der Waals surface area (Å²) >= 11 is 0. The van der Waals surface area contributed by atoms with E-state index >= 15 is 0 Å². The Hall–Kier alpha value is -1.94. The number of hydrogen-bond acceptors (Lipinski definition) is 8. The topological polar surface area (TPSA) is 115 Å². The van der Waals surface area contributed by atoms with Crippen molar-refractivity contribution in [3.63, 3.8) is 0 Å². The van der Waals surface area contributed by atoms with Crippen LogP contribution in [0.25, 0.3) is 0 Å². The molecule has 2 saturated heterocycles. The molecule has 0 aromatic heterocycles. The van der Waals surface area contributed by atoms with E-state index in [9.17, 15) is 19.8 Å². The highest BCUT2D eigenvalue weighted by Gasteiger charge is 2.77. The van der Waals surface area contributed by atoms with E-state index in [-0.39, 0.29) is 29.8 Å². The number of fused-ring (bicyclic) bond motifs is 5. The van der Waals surface area contributed by atoms with Crippen molar-refractivity contribution < 1.29 is 38.7 Å². The summed E-state index contributed by atoms with van der Waals surface area (Å²) in [5.74, 6) is -1.30. The van der Waals surface area contributed by atoms with Crippen LogP contribution in [-0.4, -0.2) is 81.7 Å². The highest BCUT2D eigenvalue weighted by Crippen LogP contribution is 2.73. The van der Waals surface area contributed by atoms with Crippen molar-refractivity contribution >= 4 is 12.1 Å². The molecular weight excluding hydrogens is 562 g/mol. The number of carbonyl (C=O) groups is 2. The molecule has 0 aromatic carbocycles. The number of nitrogens with zero attached hydrogens (tertiary/aromatic N) is 1. The molecule has 246 valence electrons. The summed E-state index contributed by atoms with van der Waals surface area (Å²) in [6, 6.07) is -0.907. The number of aliphatic hydroxyl groups is 2. The van der Waals surface area contributed by atoms with Crippen LogP contribution in [0.4, 0.5) is 4.79 Å². The lowest BCUT2D eigenvalue weighted by atomic mass is 9.58. The fourth-order valence-electron chi connectivity index (χ4n) is 9.85. The van der Waals surface area contributed by atoms with Crippen molar-refractivity contribution in [2.75, 3.05) is 13.2 Å². The van der Waals surface area contributed by atoms with Crippen LogP contribution in [0, 0.1) is 39.9 Å². The molecule has 0 radical (unpaired) electrons. The first-order chi connectivity index (χ1) is 20.1. The quantitative estimate of drug-likeness (QED) is 0.330. The molecular formula is C35H53NO8. The summed E-state index contributed by atoms with van der Waals surface area (Å²) in [5.41, 5.74) is -2.74. The van der Waals surface area contributed by atoms with Gasteiger partial charge < -0.3 is 29.2 Å². The van der Waals surface area contributed by atoms with E-state index in [2.05, 4.69) is 26.8 Å². The van der Waals surface area contributed by atoms with Gasteiger partial charge in [-0.2, -0.15) is 0 Å². The SMILES string of the molecule is CC1=C[C@]23C(O)[C@@H](C=C4COC(C)(C)O[C@H]4[C@]2(O)[C@H]1OC(=O)[C@@H]1N(C(=O)OC(C)(C)C)CCC1(C)C)[C@H]1[C@@H](C[C@H]3C)C1(C)C. The molecule has 10 atom stereocenters. The van der Waals surface area contributed by atoms with E-state index < -0.39 is 64.2 Å². The maximum absolute atomic E-state index is 14.3. The molecule has 4 fully saturated rings. The molecule has 1 spiro atoms. The zero-order valence-electron chi connectivity index (χ0n) is 28.4. The Morgan fingerprint density at radius 1 is 1.11 bits per heavy atom. The molecule has 1 unspecified atom stereocenters. The number of amides is 1. The monoisotopic (exact) mass is 615 g/mol. The minimum atomic E-state index is -1.81. The van der Waals surface area contributed by atoms with Gasteiger partial charge in [0.15, 0.2) is 11.9 Å². The Morgan fingerprint density at radius 2 is 1.77 bits per heavy atom. The smallest absolute Gasteiger partial charge is 0.411 e. The highest BCUT2D eigenvalue weighted by molar-refractivity contribution is 5.83. The van der Waals surface area contributed by atoms with Crippen LogP contribution in [0.5, 0.6) is 0 Å². The number of aliphatic hydroxyl groups excluding tert-OH is 1. The molecule has 6 rings (SSSR count). The minimum Gasteiger partial charge on any atom is -0.453 e. The van der Waals surface area contributed by atoms with Gasteiger partial charge in [-0.1, -0.05) is 46.8 Å². The van der Waals surface area contributed by atoms with Crippen LogP contribution in [0.2, 0.25) is 0 Å². The van der Waals surface area contributed by atoms with E-state index in [1.54, 1.807) is 20.8 Å². The molecule has 1 amide bonds. The maximum atomic E-state index is 14.3. The first kappa shape index (κ1) is 32.0. The molecule has 0 aromatic rings. The molecule has 9 heteroatoms. The molecule has 2 saturated carbocycles. The average Bonchev–Trinajstić information content (AvgIpc) is 3.17. The third kappa shape index (κ3) is 4.39. The Kier molecular flexibility index (Phi) is 6.95. The van der Waals surface area contributed by atoms with Gasteiger partial charge in [-0.05, 0) is 94.1 Å². The molecule has 9 nitrogen and oxygen atoms in total. The van der Waals surface area contributed by atoms with Crippen LogP contribution >= 0.6 is 0 Å². The van der Waals surface area contributed by atoms with Crippen LogP contribution in [0.1, 0.15) is 89.0 Å². The van der Waals surface area contributed by atoms with Crippen molar-refractivity contribution in [3.8, 4) is 0 Å². The van der Waals surface area contributed by atoms with Gasteiger partial charge in [-0.15, -0.1) is 0 Å². The van der Waals surface area contributed by atoms with Crippen molar-refractivity contribution in [3.05, 3.63) is 23.3 Å². The minimum absolute atomic E-state index is 0.0641. The molecule has 2 heterocycles. The van der Waals surface area contributed by atoms with Gasteiger partial charge in [-0.3, -0.25) is 4.90 Å². The summed E-state index contributed by atoms with van der Waals surface area (Å²) < 4.78 is 24.8. The van der Waals surface area contributed by atoms with Crippen LogP contribution in [-0.2, 0) is 23.7 Å². The fourth-order valence-corrected chi connectivity index (χ4v) is 9.85. The lowest BCUT2D eigenvalue weighted by Gasteiger charge is -2.55. The molecule has 2 bridgehead atoms. The molecule has 44 heavy (non-hydrogen) atoms. The fraction of sp³-hybridized carbons (Fsp3) is 0.829. The largest absolute Gasteiger partial charge is 0.453 e. The van der Waals surface area contributed by atoms with E-state index in [0.717, 1.165) is 12.0 Å². The normalized spacial score (nSPS) is 44.6. The second-order valence-electron chi connectivity index (χ2n) is 17.3. The van der Waals surface area contributed by atoms with Crippen LogP contribution in [0.3, 0.4) is 0 Å². The zero-order chi connectivity index (χ0) is 32.6. The van der Waals surface area contributed by atoms with E-state index in [1.165, 1.54) is 4.90 Å². The van der Waals surface area contributed by atoms with Crippen molar-refractivity contribution in [2.45, 2.75) is 130 Å². The van der Waals surface area contributed by atoms with Gasteiger partial charge in [0, 0.05) is 12.5 Å². The van der Waals surface area contributed by atoms with Gasteiger partial charge >= 0.3 is 12.1 Å². The number of carbonyl (C=O) groups excluding carboxylic acids is 2. The zero-order valence-corrected chi connectivity index (χ0v) is 28.4. The maximum Gasteiger partial charge on any atom is 0.411 e. The second-order valence-corrected chi connectivity index (χ2v) is 17.3. The predicted molar refractivity (Wildman–Crippen MR) is 163 cm³/mol. The number of likely N-dealkylation sites (tertiary alicyclic amines) is 1. The Morgan fingerprint density at radius 3 is 2.41 bits per heavy atom. The standard InChI is InChI=1S/C35H53NO8/c1-18-16-34-19(2)14-22-23(32(22,8)9)21(25(34)37)15-20-17-41-33(10,11)43-27(20)35(34,40)26(18)42-28(38)24-31(6,7)12-13-36(24)29(39)44-30(3,4)5/h15-16,19,21-27,37,40H,12-14,17H2,1-11H3/t19-,21+,22-,23+,24+,25?,26+,27-,34+,35-/m1/s1. The molecule has 6 aliphatic rings. The van der Waals surface area contributed by atoms with Gasteiger partial charge in [0.1, 0.15) is 23.3 Å². The highest BCUT2D eigenvalue weighted by atomic mass is 16.7. The summed E-state index contributed by atoms with van der Waals surface area (Å²) in [6.07, 6.45) is 2.03. The Balaban J connectivity index is 1.43. The van der Waals surface area contributed by atoms with E-state index in [0.29, 0.717) is 24.5 Å². The second kappa shape index (κ2) is 9.55. The van der Waals surface area contributed by atoms with Gasteiger partial charge in [0.25, 0.3) is 0 Å². The third-order valence-electron chi connectivity index (χ3n) is 12.1. The first-order valence-corrected chi connectivity index (χ1v) is 16.4. The predicted octanol–water partition coefficient (Wildman–Crippen LogP) is 4.99. The van der Waals surface area contributed by atoms with Gasteiger partial charge in [-0.25, -0.2) is 9.59 Å². The van der Waals surface area contributed by atoms with Gasteiger partial charge in [0.2, 0.25) is 0 Å². The summed E-state index contributed by atoms with van der Waals surface area (Å²) in [5, 5.41) is 25.9. The lowest BCUT2D eigenvalue weighted by molar-refractivity contribution is -0.313. The number of ether oxygens (including phenoxy) is 4. The molecule has 2 N–H and O–H groups in total. The third-order valence-corrected chi connectivity index (χ3v) is 12.1. The van der Waals surface area contributed by atoms with Gasteiger partial charge in [0.05, 0.1) is 18.1 Å². The first-order valence-electron chi connectivity index (χ1n) is 16.4. The van der Waals surface area contributed by atoms with Crippen molar-refractivity contribution in [2.24, 2.45) is 39.9 Å². The average molecular weight is 616 g/mol. The van der Waals surface area contributed by atoms with E-state index in [4.69, 9.17) is 18.9 Å². The summed E-state index contributed by atoms with van der Waals surface area (Å²) in [4.78, 5) is 29.1. The van der Waals surface area contributed by atoms with Crippen LogP contribution in [0.15, 0.2) is 23.3 Å². The number of rotatable bonds is 2.